The van der Waals surface area contributed by atoms with Gasteiger partial charge in [-0.25, -0.2) is 4.98 Å². The first-order valence-corrected chi connectivity index (χ1v) is 8.29. The molecule has 0 bridgehead atoms. The summed E-state index contributed by atoms with van der Waals surface area (Å²) in [5.41, 5.74) is 1.44. The van der Waals surface area contributed by atoms with Gasteiger partial charge in [0.2, 0.25) is 5.88 Å². The standard InChI is InChI=1S/C18H22N4O3/c1-24-17-6-5-14(12-20-17)18(23)21-13-16(15-4-2-3-7-19-15)22-8-10-25-11-9-22/h2-7,12,16H,8-11,13H2,1H3,(H,21,23)/t16-/m1/s1. The molecule has 1 amide bonds. The Bertz CT molecular complexity index is 672. The van der Waals surface area contributed by atoms with Gasteiger partial charge in [-0.05, 0) is 18.2 Å². The van der Waals surface area contributed by atoms with Crippen molar-refractivity contribution in [2.24, 2.45) is 0 Å². The molecular weight excluding hydrogens is 320 g/mol. The Kier molecular flexibility index (Phi) is 5.92. The molecule has 7 nitrogen and oxygen atoms in total. The van der Waals surface area contributed by atoms with Crippen molar-refractivity contribution in [1.29, 1.82) is 0 Å². The molecule has 1 saturated heterocycles. The zero-order valence-electron chi connectivity index (χ0n) is 14.2. The Labute approximate surface area is 147 Å². The SMILES string of the molecule is COc1ccc(C(=O)NC[C@H](c2ccccn2)N2CCOCC2)cn1. The van der Waals surface area contributed by atoms with Crippen molar-refractivity contribution >= 4 is 5.91 Å². The average Bonchev–Trinajstić information content (AvgIpc) is 2.70. The van der Waals surface area contributed by atoms with Crippen LogP contribution in [0.15, 0.2) is 42.7 Å². The molecule has 1 aliphatic rings. The number of carbonyl (C=O) groups excluding carboxylic acids is 1. The van der Waals surface area contributed by atoms with Crippen LogP contribution in [0.2, 0.25) is 0 Å². The Morgan fingerprint density at radius 2 is 2.12 bits per heavy atom. The number of pyridine rings is 2. The lowest BCUT2D eigenvalue weighted by Gasteiger charge is -2.34. The van der Waals surface area contributed by atoms with E-state index in [1.165, 1.54) is 6.20 Å². The minimum Gasteiger partial charge on any atom is -0.481 e. The van der Waals surface area contributed by atoms with Crippen molar-refractivity contribution in [3.8, 4) is 5.88 Å². The van der Waals surface area contributed by atoms with Gasteiger partial charge in [0, 0.05) is 38.1 Å². The summed E-state index contributed by atoms with van der Waals surface area (Å²) in [6.45, 7) is 3.50. The third kappa shape index (κ3) is 4.52. The van der Waals surface area contributed by atoms with E-state index in [0.717, 1.165) is 18.8 Å². The summed E-state index contributed by atoms with van der Waals surface area (Å²) in [6, 6.07) is 9.23. The van der Waals surface area contributed by atoms with Crippen LogP contribution < -0.4 is 10.1 Å². The first kappa shape index (κ1) is 17.3. The minimum atomic E-state index is -0.163. The maximum absolute atomic E-state index is 12.4. The molecule has 0 saturated carbocycles. The number of hydrogen-bond acceptors (Lipinski definition) is 6. The molecule has 1 fully saturated rings. The van der Waals surface area contributed by atoms with E-state index < -0.39 is 0 Å². The van der Waals surface area contributed by atoms with Crippen LogP contribution in [0.25, 0.3) is 0 Å². The third-order valence-corrected chi connectivity index (χ3v) is 4.18. The average molecular weight is 342 g/mol. The quantitative estimate of drug-likeness (QED) is 0.852. The second-order valence-corrected chi connectivity index (χ2v) is 5.72. The molecule has 1 aliphatic heterocycles. The first-order valence-electron chi connectivity index (χ1n) is 8.29. The summed E-state index contributed by atoms with van der Waals surface area (Å²) in [4.78, 5) is 23.2. The molecule has 1 N–H and O–H groups in total. The number of carbonyl (C=O) groups is 1. The molecule has 0 aromatic carbocycles. The van der Waals surface area contributed by atoms with E-state index in [2.05, 4.69) is 20.2 Å². The molecule has 3 heterocycles. The number of morpholine rings is 1. The van der Waals surface area contributed by atoms with Crippen LogP contribution in [-0.4, -0.2) is 60.7 Å². The summed E-state index contributed by atoms with van der Waals surface area (Å²) in [5.74, 6) is 0.320. The largest absolute Gasteiger partial charge is 0.481 e. The summed E-state index contributed by atoms with van der Waals surface area (Å²) in [6.07, 6.45) is 3.29. The zero-order valence-corrected chi connectivity index (χ0v) is 14.2. The van der Waals surface area contributed by atoms with Gasteiger partial charge in [0.15, 0.2) is 0 Å². The normalized spacial score (nSPS) is 16.2. The van der Waals surface area contributed by atoms with Crippen LogP contribution in [0.1, 0.15) is 22.1 Å². The number of rotatable bonds is 6. The highest BCUT2D eigenvalue weighted by Crippen LogP contribution is 2.19. The Morgan fingerprint density at radius 3 is 2.76 bits per heavy atom. The van der Waals surface area contributed by atoms with Crippen molar-refractivity contribution in [2.75, 3.05) is 40.0 Å². The van der Waals surface area contributed by atoms with Crippen LogP contribution in [-0.2, 0) is 4.74 Å². The number of ether oxygens (including phenoxy) is 2. The summed E-state index contributed by atoms with van der Waals surface area (Å²) in [5, 5.41) is 2.99. The van der Waals surface area contributed by atoms with Crippen LogP contribution in [0.4, 0.5) is 0 Å². The molecule has 0 spiro atoms. The van der Waals surface area contributed by atoms with E-state index in [1.54, 1.807) is 25.4 Å². The van der Waals surface area contributed by atoms with Gasteiger partial charge >= 0.3 is 0 Å². The number of hydrogen-bond donors (Lipinski definition) is 1. The van der Waals surface area contributed by atoms with Gasteiger partial charge in [-0.1, -0.05) is 6.07 Å². The third-order valence-electron chi connectivity index (χ3n) is 4.18. The molecule has 132 valence electrons. The van der Waals surface area contributed by atoms with Crippen molar-refractivity contribution in [3.63, 3.8) is 0 Å². The molecule has 0 unspecified atom stereocenters. The fraction of sp³-hybridized carbons (Fsp3) is 0.389. The van der Waals surface area contributed by atoms with E-state index in [4.69, 9.17) is 9.47 Å². The van der Waals surface area contributed by atoms with Gasteiger partial charge in [-0.3, -0.25) is 14.7 Å². The van der Waals surface area contributed by atoms with Crippen molar-refractivity contribution in [2.45, 2.75) is 6.04 Å². The summed E-state index contributed by atoms with van der Waals surface area (Å²) in [7, 11) is 1.54. The Hall–Kier alpha value is -2.51. The molecule has 7 heteroatoms. The number of nitrogens with zero attached hydrogens (tertiary/aromatic N) is 3. The van der Waals surface area contributed by atoms with Crippen molar-refractivity contribution in [1.82, 2.24) is 20.2 Å². The number of methoxy groups -OCH3 is 1. The summed E-state index contributed by atoms with van der Waals surface area (Å²) >= 11 is 0. The summed E-state index contributed by atoms with van der Waals surface area (Å²) < 4.78 is 10.4. The minimum absolute atomic E-state index is 0.0141. The molecule has 3 rings (SSSR count). The van der Waals surface area contributed by atoms with Gasteiger partial charge in [0.05, 0.1) is 37.6 Å². The van der Waals surface area contributed by atoms with Crippen LogP contribution >= 0.6 is 0 Å². The zero-order chi connectivity index (χ0) is 17.5. The van der Waals surface area contributed by atoms with E-state index in [9.17, 15) is 4.79 Å². The second-order valence-electron chi connectivity index (χ2n) is 5.72. The smallest absolute Gasteiger partial charge is 0.252 e. The lowest BCUT2D eigenvalue weighted by Crippen LogP contribution is -2.44. The van der Waals surface area contributed by atoms with Crippen LogP contribution in [0, 0.1) is 0 Å². The molecule has 0 aliphatic carbocycles. The monoisotopic (exact) mass is 342 g/mol. The molecule has 0 radical (unpaired) electrons. The van der Waals surface area contributed by atoms with Gasteiger partial charge in [-0.15, -0.1) is 0 Å². The predicted octanol–water partition coefficient (Wildman–Crippen LogP) is 1.29. The molecular formula is C18H22N4O3. The topological polar surface area (TPSA) is 76.6 Å². The molecule has 2 aromatic heterocycles. The fourth-order valence-electron chi connectivity index (χ4n) is 2.81. The van der Waals surface area contributed by atoms with Gasteiger partial charge in [-0.2, -0.15) is 0 Å². The highest BCUT2D eigenvalue weighted by Gasteiger charge is 2.24. The Morgan fingerprint density at radius 1 is 1.28 bits per heavy atom. The molecule has 2 aromatic rings. The van der Waals surface area contributed by atoms with E-state index >= 15 is 0 Å². The van der Waals surface area contributed by atoms with Gasteiger partial charge in [0.1, 0.15) is 0 Å². The predicted molar refractivity (Wildman–Crippen MR) is 92.5 cm³/mol. The lowest BCUT2D eigenvalue weighted by atomic mass is 10.1. The highest BCUT2D eigenvalue weighted by molar-refractivity contribution is 5.93. The molecule has 1 atom stereocenters. The molecule has 25 heavy (non-hydrogen) atoms. The number of aromatic nitrogens is 2. The van der Waals surface area contributed by atoms with Crippen LogP contribution in [0.5, 0.6) is 5.88 Å². The van der Waals surface area contributed by atoms with Crippen molar-refractivity contribution in [3.05, 3.63) is 54.0 Å². The number of amides is 1. The van der Waals surface area contributed by atoms with Gasteiger partial charge < -0.3 is 14.8 Å². The van der Waals surface area contributed by atoms with E-state index in [0.29, 0.717) is 31.2 Å². The fourth-order valence-corrected chi connectivity index (χ4v) is 2.81. The van der Waals surface area contributed by atoms with Gasteiger partial charge in [0.25, 0.3) is 5.91 Å². The highest BCUT2D eigenvalue weighted by atomic mass is 16.5. The number of nitrogens with one attached hydrogen (secondary N) is 1. The lowest BCUT2D eigenvalue weighted by molar-refractivity contribution is 0.0154. The first-order chi connectivity index (χ1) is 12.3. The Balaban J connectivity index is 1.68. The second kappa shape index (κ2) is 8.55. The van der Waals surface area contributed by atoms with E-state index in [1.807, 2.05) is 18.2 Å². The maximum Gasteiger partial charge on any atom is 0.252 e. The van der Waals surface area contributed by atoms with Crippen LogP contribution in [0.3, 0.4) is 0 Å². The van der Waals surface area contributed by atoms with E-state index in [-0.39, 0.29) is 11.9 Å². The maximum atomic E-state index is 12.4. The van der Waals surface area contributed by atoms with Crippen molar-refractivity contribution < 1.29 is 14.3 Å².